The van der Waals surface area contributed by atoms with E-state index in [4.69, 9.17) is 0 Å². The normalized spacial score (nSPS) is 18.8. The van der Waals surface area contributed by atoms with Gasteiger partial charge >= 0.3 is 0 Å². The van der Waals surface area contributed by atoms with Crippen LogP contribution in [0.15, 0.2) is 24.3 Å². The number of likely N-dealkylation sites (N-methyl/N-ethyl adjacent to an activating group) is 1. The Morgan fingerprint density at radius 1 is 1.08 bits per heavy atom. The lowest BCUT2D eigenvalue weighted by Crippen LogP contribution is -2.46. The van der Waals surface area contributed by atoms with Crippen LogP contribution in [0, 0.1) is 5.82 Å². The fourth-order valence-electron chi connectivity index (χ4n) is 3.89. The third-order valence-corrected chi connectivity index (χ3v) is 5.41. The van der Waals surface area contributed by atoms with Crippen molar-refractivity contribution in [1.82, 2.24) is 9.80 Å². The maximum Gasteiger partial charge on any atom is 0.237 e. The van der Waals surface area contributed by atoms with Crippen LogP contribution in [0.25, 0.3) is 0 Å². The van der Waals surface area contributed by atoms with Gasteiger partial charge in [0.1, 0.15) is 5.82 Å². The van der Waals surface area contributed by atoms with E-state index < -0.39 is 0 Å². The molecule has 1 amide bonds. The molecule has 0 spiro atoms. The van der Waals surface area contributed by atoms with Crippen molar-refractivity contribution >= 4 is 5.91 Å². The number of benzene rings is 1. The molecule has 3 nitrogen and oxygen atoms in total. The summed E-state index contributed by atoms with van der Waals surface area (Å²) in [6.07, 6.45) is 8.27. The molecule has 0 bridgehead atoms. The third kappa shape index (κ3) is 4.35. The van der Waals surface area contributed by atoms with Gasteiger partial charge in [-0.1, -0.05) is 37.5 Å². The van der Waals surface area contributed by atoms with Crippen molar-refractivity contribution in [2.45, 2.75) is 70.5 Å². The van der Waals surface area contributed by atoms with E-state index in [0.717, 1.165) is 32.2 Å². The molecule has 2 fully saturated rings. The fraction of sp³-hybridized carbons (Fsp3) is 0.650. The summed E-state index contributed by atoms with van der Waals surface area (Å²) in [5.74, 6) is 0.0443. The maximum atomic E-state index is 14.0. The average Bonchev–Trinajstić information content (AvgIpc) is 3.43. The monoisotopic (exact) mass is 332 g/mol. The molecule has 24 heavy (non-hydrogen) atoms. The van der Waals surface area contributed by atoms with E-state index in [1.165, 1.54) is 25.3 Å². The Balaban J connectivity index is 1.64. The molecule has 0 atom stereocenters. The second kappa shape index (κ2) is 8.11. The van der Waals surface area contributed by atoms with Crippen LogP contribution in [0.2, 0.25) is 0 Å². The van der Waals surface area contributed by atoms with Crippen LogP contribution in [0.5, 0.6) is 0 Å². The molecular weight excluding hydrogens is 303 g/mol. The van der Waals surface area contributed by atoms with Gasteiger partial charge in [0.2, 0.25) is 5.91 Å². The first-order chi connectivity index (χ1) is 11.7. The highest BCUT2D eigenvalue weighted by Gasteiger charge is 2.33. The van der Waals surface area contributed by atoms with E-state index in [0.29, 0.717) is 30.7 Å². The lowest BCUT2D eigenvalue weighted by Gasteiger charge is -2.35. The van der Waals surface area contributed by atoms with Crippen LogP contribution >= 0.6 is 0 Å². The maximum absolute atomic E-state index is 14.0. The van der Waals surface area contributed by atoms with E-state index in [1.807, 2.05) is 12.1 Å². The second-order valence-corrected chi connectivity index (χ2v) is 7.20. The number of hydrogen-bond acceptors (Lipinski definition) is 2. The van der Waals surface area contributed by atoms with Gasteiger partial charge in [0.15, 0.2) is 0 Å². The quantitative estimate of drug-likeness (QED) is 0.754. The molecule has 0 radical (unpaired) electrons. The van der Waals surface area contributed by atoms with Gasteiger partial charge in [0, 0.05) is 30.7 Å². The SMILES string of the molecule is CCN(C(=O)CN(Cc1ccccc1F)C1CC1)C1CCCCC1. The van der Waals surface area contributed by atoms with Crippen molar-refractivity contribution in [2.24, 2.45) is 0 Å². The number of carbonyl (C=O) groups excluding carboxylic acids is 1. The van der Waals surface area contributed by atoms with Gasteiger partial charge in [-0.2, -0.15) is 0 Å². The summed E-state index contributed by atoms with van der Waals surface area (Å²) in [4.78, 5) is 17.1. The molecule has 132 valence electrons. The van der Waals surface area contributed by atoms with Crippen LogP contribution in [0.1, 0.15) is 57.4 Å². The Morgan fingerprint density at radius 2 is 1.79 bits per heavy atom. The molecular formula is C20H29FN2O. The number of halogens is 1. The molecule has 0 unspecified atom stereocenters. The summed E-state index contributed by atoms with van der Waals surface area (Å²) in [7, 11) is 0. The Morgan fingerprint density at radius 3 is 2.42 bits per heavy atom. The second-order valence-electron chi connectivity index (χ2n) is 7.20. The predicted molar refractivity (Wildman–Crippen MR) is 94.1 cm³/mol. The van der Waals surface area contributed by atoms with Gasteiger partial charge in [-0.25, -0.2) is 4.39 Å². The summed E-state index contributed by atoms with van der Waals surface area (Å²) >= 11 is 0. The van der Waals surface area contributed by atoms with Crippen molar-refractivity contribution in [2.75, 3.05) is 13.1 Å². The van der Waals surface area contributed by atoms with Crippen molar-refractivity contribution in [3.05, 3.63) is 35.6 Å². The zero-order valence-corrected chi connectivity index (χ0v) is 14.7. The number of carbonyl (C=O) groups is 1. The first-order valence-electron chi connectivity index (χ1n) is 9.46. The highest BCUT2D eigenvalue weighted by atomic mass is 19.1. The molecule has 0 heterocycles. The van der Waals surface area contributed by atoms with E-state index in [2.05, 4.69) is 16.7 Å². The molecule has 1 aromatic carbocycles. The van der Waals surface area contributed by atoms with Crippen LogP contribution < -0.4 is 0 Å². The topological polar surface area (TPSA) is 23.6 Å². The minimum Gasteiger partial charge on any atom is -0.339 e. The van der Waals surface area contributed by atoms with Gasteiger partial charge in [0.05, 0.1) is 6.54 Å². The van der Waals surface area contributed by atoms with Crippen LogP contribution in [-0.4, -0.2) is 40.9 Å². The molecule has 2 aliphatic carbocycles. The van der Waals surface area contributed by atoms with Crippen LogP contribution in [-0.2, 0) is 11.3 Å². The average molecular weight is 332 g/mol. The number of nitrogens with zero attached hydrogens (tertiary/aromatic N) is 2. The van der Waals surface area contributed by atoms with Crippen molar-refractivity contribution in [3.8, 4) is 0 Å². The van der Waals surface area contributed by atoms with Gasteiger partial charge < -0.3 is 4.90 Å². The molecule has 2 saturated carbocycles. The Kier molecular flexibility index (Phi) is 5.88. The Bertz CT molecular complexity index is 552. The highest BCUT2D eigenvalue weighted by molar-refractivity contribution is 5.78. The van der Waals surface area contributed by atoms with Crippen molar-refractivity contribution in [3.63, 3.8) is 0 Å². The first kappa shape index (κ1) is 17.4. The standard InChI is InChI=1S/C20H29FN2O/c1-2-23(18-9-4-3-5-10-18)20(24)15-22(17-12-13-17)14-16-8-6-7-11-19(16)21/h6-8,11,17-18H,2-5,9-10,12-15H2,1H3. The van der Waals surface area contributed by atoms with E-state index >= 15 is 0 Å². The lowest BCUT2D eigenvalue weighted by atomic mass is 9.94. The Hall–Kier alpha value is -1.42. The minimum atomic E-state index is -0.171. The lowest BCUT2D eigenvalue weighted by molar-refractivity contribution is -0.135. The molecule has 4 heteroatoms. The van der Waals surface area contributed by atoms with Crippen LogP contribution in [0.3, 0.4) is 0 Å². The first-order valence-corrected chi connectivity index (χ1v) is 9.46. The zero-order valence-electron chi connectivity index (χ0n) is 14.7. The molecule has 2 aliphatic rings. The zero-order chi connectivity index (χ0) is 16.9. The molecule has 0 N–H and O–H groups in total. The molecule has 0 aliphatic heterocycles. The molecule has 0 aromatic heterocycles. The summed E-state index contributed by atoms with van der Waals surface area (Å²) in [6.45, 7) is 3.81. The smallest absolute Gasteiger partial charge is 0.237 e. The van der Waals surface area contributed by atoms with E-state index in [9.17, 15) is 9.18 Å². The van der Waals surface area contributed by atoms with Crippen molar-refractivity contribution < 1.29 is 9.18 Å². The third-order valence-electron chi connectivity index (χ3n) is 5.41. The summed E-state index contributed by atoms with van der Waals surface area (Å²) in [5.41, 5.74) is 0.693. The molecule has 0 saturated heterocycles. The Labute approximate surface area is 144 Å². The van der Waals surface area contributed by atoms with Crippen molar-refractivity contribution in [1.29, 1.82) is 0 Å². The molecule has 1 aromatic rings. The summed E-state index contributed by atoms with van der Waals surface area (Å²) in [5, 5.41) is 0. The molecule has 3 rings (SSSR count). The van der Waals surface area contributed by atoms with Gasteiger partial charge in [-0.3, -0.25) is 9.69 Å². The number of hydrogen-bond donors (Lipinski definition) is 0. The van der Waals surface area contributed by atoms with Crippen LogP contribution in [0.4, 0.5) is 4.39 Å². The van der Waals surface area contributed by atoms with E-state index in [-0.39, 0.29) is 11.7 Å². The number of rotatable bonds is 7. The minimum absolute atomic E-state index is 0.171. The van der Waals surface area contributed by atoms with Gasteiger partial charge in [-0.05, 0) is 38.7 Å². The van der Waals surface area contributed by atoms with Gasteiger partial charge in [-0.15, -0.1) is 0 Å². The largest absolute Gasteiger partial charge is 0.339 e. The van der Waals surface area contributed by atoms with E-state index in [1.54, 1.807) is 6.07 Å². The summed E-state index contributed by atoms with van der Waals surface area (Å²) < 4.78 is 14.0. The fourth-order valence-corrected chi connectivity index (χ4v) is 3.89. The predicted octanol–water partition coefficient (Wildman–Crippen LogP) is 3.97. The number of amides is 1. The summed E-state index contributed by atoms with van der Waals surface area (Å²) in [6, 6.07) is 7.76. The van der Waals surface area contributed by atoms with Gasteiger partial charge in [0.25, 0.3) is 0 Å². The highest BCUT2D eigenvalue weighted by Crippen LogP contribution is 2.29.